The molecule has 2 aromatic carbocycles. The Hall–Kier alpha value is -3.85. The fourth-order valence-corrected chi connectivity index (χ4v) is 3.73. The second-order valence-electron chi connectivity index (χ2n) is 7.06. The van der Waals surface area contributed by atoms with E-state index >= 15 is 0 Å². The van der Waals surface area contributed by atoms with Gasteiger partial charge in [0, 0.05) is 30.7 Å². The average molecular weight is 482 g/mol. The lowest BCUT2D eigenvalue weighted by Crippen LogP contribution is -2.27. The van der Waals surface area contributed by atoms with E-state index in [4.69, 9.17) is 9.47 Å². The second-order valence-corrected chi connectivity index (χ2v) is 8.01. The minimum Gasteiger partial charge on any atom is -0.492 e. The monoisotopic (exact) mass is 481 g/mol. The van der Waals surface area contributed by atoms with E-state index in [0.29, 0.717) is 46.5 Å². The molecular formula is C25H27N3O5S. The van der Waals surface area contributed by atoms with E-state index in [2.05, 4.69) is 16.0 Å². The molecule has 3 N–H and O–H groups in total. The predicted molar refractivity (Wildman–Crippen MR) is 133 cm³/mol. The highest BCUT2D eigenvalue weighted by Crippen LogP contribution is 2.37. The molecule has 9 heteroatoms. The second kappa shape index (κ2) is 12.4. The Labute approximate surface area is 202 Å². The molecule has 0 unspecified atom stereocenters. The van der Waals surface area contributed by atoms with Crippen molar-refractivity contribution >= 4 is 40.4 Å². The number of rotatable bonds is 11. The Kier molecular flexibility index (Phi) is 9.04. The van der Waals surface area contributed by atoms with Crippen molar-refractivity contribution in [3.05, 3.63) is 70.4 Å². The van der Waals surface area contributed by atoms with Crippen LogP contribution in [-0.4, -0.2) is 37.5 Å². The molecule has 8 nitrogen and oxygen atoms in total. The van der Waals surface area contributed by atoms with Gasteiger partial charge in [-0.1, -0.05) is 24.3 Å². The minimum absolute atomic E-state index is 0.0825. The van der Waals surface area contributed by atoms with Crippen LogP contribution in [0, 0.1) is 0 Å². The fourth-order valence-electron chi connectivity index (χ4n) is 3.09. The number of amides is 3. The molecule has 3 aromatic rings. The molecule has 1 heterocycles. The van der Waals surface area contributed by atoms with Crippen molar-refractivity contribution in [3.63, 3.8) is 0 Å². The normalized spacial score (nSPS) is 10.3. The molecule has 1 aromatic heterocycles. The summed E-state index contributed by atoms with van der Waals surface area (Å²) in [5.41, 5.74) is 1.35. The molecule has 0 bridgehead atoms. The summed E-state index contributed by atoms with van der Waals surface area (Å²) in [6.45, 7) is 4.57. The number of thiophene rings is 1. The first kappa shape index (κ1) is 24.8. The molecule has 3 rings (SSSR count). The van der Waals surface area contributed by atoms with Crippen LogP contribution >= 0.6 is 11.3 Å². The Bertz CT molecular complexity index is 1120. The van der Waals surface area contributed by atoms with Crippen LogP contribution < -0.4 is 25.4 Å². The van der Waals surface area contributed by atoms with Crippen molar-refractivity contribution in [1.82, 2.24) is 5.32 Å². The third kappa shape index (κ3) is 6.82. The van der Waals surface area contributed by atoms with Crippen LogP contribution in [0.4, 0.5) is 11.4 Å². The number of hydrogen-bond donors (Lipinski definition) is 3. The van der Waals surface area contributed by atoms with Gasteiger partial charge in [0.2, 0.25) is 5.91 Å². The number of ether oxygens (including phenoxy) is 2. The third-order valence-electron chi connectivity index (χ3n) is 4.62. The van der Waals surface area contributed by atoms with E-state index < -0.39 is 0 Å². The highest BCUT2D eigenvalue weighted by Gasteiger charge is 2.17. The summed E-state index contributed by atoms with van der Waals surface area (Å²) in [6.07, 6.45) is 0.0825. The smallest absolute Gasteiger partial charge is 0.261 e. The van der Waals surface area contributed by atoms with E-state index in [0.717, 1.165) is 0 Å². The molecular weight excluding hydrogens is 454 g/mol. The number of hydrogen-bond acceptors (Lipinski definition) is 6. The van der Waals surface area contributed by atoms with Crippen molar-refractivity contribution in [1.29, 1.82) is 0 Å². The van der Waals surface area contributed by atoms with Crippen molar-refractivity contribution in [2.24, 2.45) is 0 Å². The van der Waals surface area contributed by atoms with Gasteiger partial charge in [-0.25, -0.2) is 0 Å². The molecule has 0 saturated heterocycles. The molecule has 0 aliphatic rings. The largest absolute Gasteiger partial charge is 0.492 e. The van der Waals surface area contributed by atoms with Gasteiger partial charge in [0.05, 0.1) is 29.5 Å². The quantitative estimate of drug-likeness (QED) is 0.372. The summed E-state index contributed by atoms with van der Waals surface area (Å²) in [5.74, 6) is -0.00464. The first-order chi connectivity index (χ1) is 16.5. The zero-order chi connectivity index (χ0) is 24.3. The van der Waals surface area contributed by atoms with Crippen molar-refractivity contribution in [3.8, 4) is 11.5 Å². The highest BCUT2D eigenvalue weighted by molar-refractivity contribution is 7.12. The van der Waals surface area contributed by atoms with Gasteiger partial charge in [0.25, 0.3) is 11.8 Å². The Balaban J connectivity index is 1.71. The highest BCUT2D eigenvalue weighted by atomic mass is 32.1. The van der Waals surface area contributed by atoms with Crippen LogP contribution in [-0.2, 0) is 4.79 Å². The summed E-state index contributed by atoms with van der Waals surface area (Å²) in [5, 5.41) is 10.2. The molecule has 0 aliphatic heterocycles. The molecule has 0 aliphatic carbocycles. The van der Waals surface area contributed by atoms with Gasteiger partial charge in [-0.15, -0.1) is 11.3 Å². The van der Waals surface area contributed by atoms with E-state index in [-0.39, 0.29) is 30.7 Å². The maximum absolute atomic E-state index is 12.6. The van der Waals surface area contributed by atoms with Crippen LogP contribution in [0.1, 0.15) is 40.3 Å². The Morgan fingerprint density at radius 3 is 2.06 bits per heavy atom. The lowest BCUT2D eigenvalue weighted by Gasteiger charge is -2.18. The molecule has 0 radical (unpaired) electrons. The predicted octanol–water partition coefficient (Wildman–Crippen LogP) is 4.56. The number of benzene rings is 2. The van der Waals surface area contributed by atoms with Crippen LogP contribution in [0.5, 0.6) is 11.5 Å². The zero-order valence-corrected chi connectivity index (χ0v) is 19.9. The summed E-state index contributed by atoms with van der Waals surface area (Å²) >= 11 is 1.34. The van der Waals surface area contributed by atoms with Crippen molar-refractivity contribution in [2.45, 2.75) is 20.3 Å². The maximum atomic E-state index is 12.6. The van der Waals surface area contributed by atoms with E-state index in [1.165, 1.54) is 11.3 Å². The van der Waals surface area contributed by atoms with E-state index in [1.54, 1.807) is 48.5 Å². The van der Waals surface area contributed by atoms with Gasteiger partial charge in [-0.2, -0.15) is 0 Å². The Morgan fingerprint density at radius 2 is 1.47 bits per heavy atom. The molecule has 0 fully saturated rings. The van der Waals surface area contributed by atoms with Crippen LogP contribution in [0.25, 0.3) is 0 Å². The molecule has 0 atom stereocenters. The van der Waals surface area contributed by atoms with Gasteiger partial charge in [0.15, 0.2) is 0 Å². The topological polar surface area (TPSA) is 106 Å². The molecule has 34 heavy (non-hydrogen) atoms. The van der Waals surface area contributed by atoms with Gasteiger partial charge in [0.1, 0.15) is 11.5 Å². The van der Waals surface area contributed by atoms with Crippen molar-refractivity contribution < 1.29 is 23.9 Å². The number of carbonyl (C=O) groups is 3. The average Bonchev–Trinajstić information content (AvgIpc) is 3.37. The SMILES string of the molecule is CCOc1cc(NC(=O)c2ccccc2)c(OCC)cc1NC(=O)CCNC(=O)c1cccs1. The molecule has 178 valence electrons. The lowest BCUT2D eigenvalue weighted by atomic mass is 10.2. The first-order valence-electron chi connectivity index (χ1n) is 10.9. The van der Waals surface area contributed by atoms with Gasteiger partial charge in [-0.3, -0.25) is 14.4 Å². The number of anilines is 2. The standard InChI is InChI=1S/C25H27N3O5S/c1-3-32-20-16-19(28-24(30)17-9-6-5-7-10-17)21(33-4-2)15-18(20)27-23(29)12-13-26-25(31)22-11-8-14-34-22/h5-11,14-16H,3-4,12-13H2,1-2H3,(H,26,31)(H,27,29)(H,28,30). The number of nitrogens with one attached hydrogen (secondary N) is 3. The van der Waals surface area contributed by atoms with E-state index in [9.17, 15) is 14.4 Å². The lowest BCUT2D eigenvalue weighted by molar-refractivity contribution is -0.116. The van der Waals surface area contributed by atoms with Crippen molar-refractivity contribution in [2.75, 3.05) is 30.4 Å². The zero-order valence-electron chi connectivity index (χ0n) is 19.1. The summed E-state index contributed by atoms with van der Waals surface area (Å²) < 4.78 is 11.4. The van der Waals surface area contributed by atoms with Gasteiger partial charge in [-0.05, 0) is 37.4 Å². The number of carbonyl (C=O) groups excluding carboxylic acids is 3. The van der Waals surface area contributed by atoms with Crippen LogP contribution in [0.3, 0.4) is 0 Å². The molecule has 0 spiro atoms. The van der Waals surface area contributed by atoms with E-state index in [1.807, 2.05) is 25.3 Å². The van der Waals surface area contributed by atoms with Crippen LogP contribution in [0.2, 0.25) is 0 Å². The fraction of sp³-hybridized carbons (Fsp3) is 0.240. The summed E-state index contributed by atoms with van der Waals surface area (Å²) in [7, 11) is 0. The maximum Gasteiger partial charge on any atom is 0.261 e. The van der Waals surface area contributed by atoms with Crippen LogP contribution in [0.15, 0.2) is 60.0 Å². The summed E-state index contributed by atoms with van der Waals surface area (Å²) in [4.78, 5) is 37.8. The van der Waals surface area contributed by atoms with Gasteiger partial charge >= 0.3 is 0 Å². The molecule has 3 amide bonds. The minimum atomic E-state index is -0.295. The first-order valence-corrected chi connectivity index (χ1v) is 11.8. The van der Waals surface area contributed by atoms with Gasteiger partial charge < -0.3 is 25.4 Å². The Morgan fingerprint density at radius 1 is 0.824 bits per heavy atom. The molecule has 0 saturated carbocycles. The summed E-state index contributed by atoms with van der Waals surface area (Å²) in [6, 6.07) is 15.6. The third-order valence-corrected chi connectivity index (χ3v) is 5.49.